The van der Waals surface area contributed by atoms with Crippen LogP contribution in [-0.4, -0.2) is 36.5 Å². The van der Waals surface area contributed by atoms with Crippen molar-refractivity contribution >= 4 is 17.7 Å². The summed E-state index contributed by atoms with van der Waals surface area (Å²) in [4.78, 5) is 29.0. The minimum absolute atomic E-state index is 0.0359. The van der Waals surface area contributed by atoms with Crippen molar-refractivity contribution in [2.75, 3.05) is 24.5 Å². The first kappa shape index (κ1) is 19.5. The number of piperidine rings is 1. The first-order valence-corrected chi connectivity index (χ1v) is 10.4. The van der Waals surface area contributed by atoms with E-state index in [9.17, 15) is 9.59 Å². The molecule has 0 atom stereocenters. The molecule has 0 aromatic heterocycles. The highest BCUT2D eigenvalue weighted by molar-refractivity contribution is 5.97. The second-order valence-corrected chi connectivity index (χ2v) is 8.40. The molecule has 0 bridgehead atoms. The predicted molar refractivity (Wildman–Crippen MR) is 113 cm³/mol. The maximum Gasteiger partial charge on any atom is 0.410 e. The minimum atomic E-state index is -0.259. The molecule has 2 aliphatic rings. The van der Waals surface area contributed by atoms with Crippen LogP contribution in [0.15, 0.2) is 54.6 Å². The number of amides is 2. The van der Waals surface area contributed by atoms with Gasteiger partial charge in [-0.15, -0.1) is 0 Å². The van der Waals surface area contributed by atoms with Gasteiger partial charge in [-0.2, -0.15) is 0 Å². The SMILES string of the molecule is CC(C)C(=O)N1CC2(CCN(C(=O)OCc3ccccc3)CC2)c2ccccc21. The largest absolute Gasteiger partial charge is 0.445 e. The predicted octanol–water partition coefficient (Wildman–Crippen LogP) is 4.36. The highest BCUT2D eigenvalue weighted by Crippen LogP contribution is 2.47. The number of benzene rings is 2. The highest BCUT2D eigenvalue weighted by atomic mass is 16.6. The number of rotatable bonds is 3. The fourth-order valence-corrected chi connectivity index (χ4v) is 4.49. The van der Waals surface area contributed by atoms with Crippen molar-refractivity contribution in [1.29, 1.82) is 0 Å². The third-order valence-electron chi connectivity index (χ3n) is 6.17. The van der Waals surface area contributed by atoms with E-state index in [0.717, 1.165) is 24.1 Å². The van der Waals surface area contributed by atoms with Crippen LogP contribution in [0.2, 0.25) is 0 Å². The average Bonchev–Trinajstić information content (AvgIpc) is 3.07. The smallest absolute Gasteiger partial charge is 0.410 e. The first-order valence-electron chi connectivity index (χ1n) is 10.4. The zero-order valence-electron chi connectivity index (χ0n) is 17.1. The molecule has 0 N–H and O–H groups in total. The molecule has 5 heteroatoms. The van der Waals surface area contributed by atoms with E-state index in [4.69, 9.17) is 4.74 Å². The van der Waals surface area contributed by atoms with E-state index in [-0.39, 0.29) is 23.3 Å². The zero-order valence-corrected chi connectivity index (χ0v) is 17.1. The maximum absolute atomic E-state index is 12.8. The Bertz CT molecular complexity index is 886. The molecule has 0 radical (unpaired) electrons. The Balaban J connectivity index is 1.43. The van der Waals surface area contributed by atoms with Gasteiger partial charge in [0.1, 0.15) is 6.61 Å². The van der Waals surface area contributed by atoms with Gasteiger partial charge in [0.15, 0.2) is 0 Å². The van der Waals surface area contributed by atoms with E-state index in [1.165, 1.54) is 5.56 Å². The van der Waals surface area contributed by atoms with Crippen LogP contribution in [0, 0.1) is 5.92 Å². The van der Waals surface area contributed by atoms with Crippen LogP contribution in [0.3, 0.4) is 0 Å². The molecule has 152 valence electrons. The second-order valence-electron chi connectivity index (χ2n) is 8.40. The highest BCUT2D eigenvalue weighted by Gasteiger charge is 2.47. The lowest BCUT2D eigenvalue weighted by Crippen LogP contribution is -2.48. The monoisotopic (exact) mass is 392 g/mol. The molecular weight excluding hydrogens is 364 g/mol. The Morgan fingerprint density at radius 1 is 1.00 bits per heavy atom. The van der Waals surface area contributed by atoms with Gasteiger partial charge in [-0.3, -0.25) is 4.79 Å². The zero-order chi connectivity index (χ0) is 20.4. The molecule has 29 heavy (non-hydrogen) atoms. The molecule has 2 heterocycles. The van der Waals surface area contributed by atoms with Crippen molar-refractivity contribution in [1.82, 2.24) is 4.90 Å². The Labute approximate surface area is 172 Å². The van der Waals surface area contributed by atoms with E-state index >= 15 is 0 Å². The molecule has 2 aromatic carbocycles. The quantitative estimate of drug-likeness (QED) is 0.780. The third-order valence-corrected chi connectivity index (χ3v) is 6.17. The summed E-state index contributed by atoms with van der Waals surface area (Å²) in [7, 11) is 0. The summed E-state index contributed by atoms with van der Waals surface area (Å²) in [5.41, 5.74) is 3.19. The molecular formula is C24H28N2O3. The van der Waals surface area contributed by atoms with E-state index in [0.29, 0.717) is 26.2 Å². The van der Waals surface area contributed by atoms with Crippen LogP contribution >= 0.6 is 0 Å². The number of hydrogen-bond acceptors (Lipinski definition) is 3. The van der Waals surface area contributed by atoms with Crippen LogP contribution in [0.4, 0.5) is 10.5 Å². The van der Waals surface area contributed by atoms with E-state index in [2.05, 4.69) is 6.07 Å². The summed E-state index contributed by atoms with van der Waals surface area (Å²) < 4.78 is 5.50. The van der Waals surface area contributed by atoms with E-state index < -0.39 is 0 Å². The van der Waals surface area contributed by atoms with Gasteiger partial charge in [0.2, 0.25) is 5.91 Å². The summed E-state index contributed by atoms with van der Waals surface area (Å²) in [6, 6.07) is 18.0. The summed E-state index contributed by atoms with van der Waals surface area (Å²) in [6.07, 6.45) is 1.42. The molecule has 2 aliphatic heterocycles. The topological polar surface area (TPSA) is 49.9 Å². The Morgan fingerprint density at radius 2 is 1.66 bits per heavy atom. The van der Waals surface area contributed by atoms with Gasteiger partial charge in [0.25, 0.3) is 0 Å². The fourth-order valence-electron chi connectivity index (χ4n) is 4.49. The molecule has 4 rings (SSSR count). The standard InChI is InChI=1S/C24H28N2O3/c1-18(2)22(27)26-17-24(20-10-6-7-11-21(20)26)12-14-25(15-13-24)23(28)29-16-19-8-4-3-5-9-19/h3-11,18H,12-17H2,1-2H3. The maximum atomic E-state index is 12.8. The molecule has 1 fully saturated rings. The molecule has 2 aromatic rings. The van der Waals surface area contributed by atoms with Crippen molar-refractivity contribution < 1.29 is 14.3 Å². The van der Waals surface area contributed by atoms with Gasteiger partial charge in [-0.05, 0) is 30.0 Å². The van der Waals surface area contributed by atoms with Crippen molar-refractivity contribution in [2.24, 2.45) is 5.92 Å². The van der Waals surface area contributed by atoms with Gasteiger partial charge in [-0.1, -0.05) is 62.4 Å². The molecule has 1 spiro atoms. The van der Waals surface area contributed by atoms with Gasteiger partial charge in [0.05, 0.1) is 0 Å². The number of carbonyl (C=O) groups excluding carboxylic acids is 2. The van der Waals surface area contributed by atoms with Crippen LogP contribution < -0.4 is 4.90 Å². The Hall–Kier alpha value is -2.82. The first-order chi connectivity index (χ1) is 14.0. The summed E-state index contributed by atoms with van der Waals surface area (Å²) in [6.45, 7) is 6.18. The molecule has 2 amide bonds. The average molecular weight is 392 g/mol. The molecule has 0 aliphatic carbocycles. The van der Waals surface area contributed by atoms with Gasteiger partial charge < -0.3 is 14.5 Å². The third kappa shape index (κ3) is 3.74. The number of fused-ring (bicyclic) bond motifs is 2. The lowest BCUT2D eigenvalue weighted by atomic mass is 9.74. The van der Waals surface area contributed by atoms with Crippen molar-refractivity contribution in [3.8, 4) is 0 Å². The van der Waals surface area contributed by atoms with Crippen LogP contribution in [0.5, 0.6) is 0 Å². The second kappa shape index (κ2) is 7.90. The Morgan fingerprint density at radius 3 is 2.34 bits per heavy atom. The minimum Gasteiger partial charge on any atom is -0.445 e. The molecule has 5 nitrogen and oxygen atoms in total. The normalized spacial score (nSPS) is 17.5. The number of anilines is 1. The van der Waals surface area contributed by atoms with Gasteiger partial charge in [-0.25, -0.2) is 4.79 Å². The summed E-state index contributed by atoms with van der Waals surface area (Å²) in [5.74, 6) is 0.130. The van der Waals surface area contributed by atoms with E-state index in [1.807, 2.05) is 67.3 Å². The van der Waals surface area contributed by atoms with E-state index in [1.54, 1.807) is 4.90 Å². The molecule has 0 unspecified atom stereocenters. The van der Waals surface area contributed by atoms with Crippen LogP contribution in [0.25, 0.3) is 0 Å². The number of nitrogens with zero attached hydrogens (tertiary/aromatic N) is 2. The van der Waals surface area contributed by atoms with Crippen LogP contribution in [0.1, 0.15) is 37.8 Å². The molecule has 1 saturated heterocycles. The number of carbonyl (C=O) groups is 2. The fraction of sp³-hybridized carbons (Fsp3) is 0.417. The van der Waals surface area contributed by atoms with Gasteiger partial charge in [0, 0.05) is 36.7 Å². The lowest BCUT2D eigenvalue weighted by Gasteiger charge is -2.39. The Kier molecular flexibility index (Phi) is 5.31. The van der Waals surface area contributed by atoms with Crippen molar-refractivity contribution in [2.45, 2.75) is 38.7 Å². The number of hydrogen-bond donors (Lipinski definition) is 0. The number of para-hydroxylation sites is 1. The van der Waals surface area contributed by atoms with Crippen molar-refractivity contribution in [3.63, 3.8) is 0 Å². The van der Waals surface area contributed by atoms with Crippen molar-refractivity contribution in [3.05, 3.63) is 65.7 Å². The van der Waals surface area contributed by atoms with Gasteiger partial charge >= 0.3 is 6.09 Å². The summed E-state index contributed by atoms with van der Waals surface area (Å²) in [5, 5.41) is 0. The summed E-state index contributed by atoms with van der Waals surface area (Å²) >= 11 is 0. The number of ether oxygens (including phenoxy) is 1. The van der Waals surface area contributed by atoms with Crippen LogP contribution in [-0.2, 0) is 21.6 Å². The molecule has 0 saturated carbocycles. The lowest BCUT2D eigenvalue weighted by molar-refractivity contribution is -0.121. The number of likely N-dealkylation sites (tertiary alicyclic amines) is 1.